The lowest BCUT2D eigenvalue weighted by molar-refractivity contribution is -0.137. The predicted molar refractivity (Wildman–Crippen MR) is 114 cm³/mol. The van der Waals surface area contributed by atoms with E-state index in [2.05, 4.69) is 5.32 Å². The van der Waals surface area contributed by atoms with Crippen molar-refractivity contribution in [3.05, 3.63) is 71.3 Å². The first-order chi connectivity index (χ1) is 13.9. The summed E-state index contributed by atoms with van der Waals surface area (Å²) >= 11 is 0. The molecule has 154 valence electrons. The third-order valence-corrected chi connectivity index (χ3v) is 5.05. The van der Waals surface area contributed by atoms with Crippen LogP contribution in [-0.4, -0.2) is 28.9 Å². The highest BCUT2D eigenvalue weighted by molar-refractivity contribution is 5.94. The highest BCUT2D eigenvalue weighted by Gasteiger charge is 2.23. The van der Waals surface area contributed by atoms with E-state index in [9.17, 15) is 14.7 Å². The summed E-state index contributed by atoms with van der Waals surface area (Å²) in [4.78, 5) is 23.6. The number of amides is 1. The normalized spacial score (nSPS) is 12.7. The Kier molecular flexibility index (Phi) is 8.40. The molecule has 0 spiro atoms. The Morgan fingerprint density at radius 1 is 1.07 bits per heavy atom. The number of amidine groups is 1. The number of carbonyl (C=O) groups is 2. The highest BCUT2D eigenvalue weighted by Crippen LogP contribution is 2.21. The van der Waals surface area contributed by atoms with Crippen molar-refractivity contribution in [2.75, 3.05) is 0 Å². The third kappa shape index (κ3) is 7.41. The van der Waals surface area contributed by atoms with Crippen LogP contribution in [0.25, 0.3) is 0 Å². The van der Waals surface area contributed by atoms with E-state index >= 15 is 0 Å². The molecular formula is C23H29N3O3. The average molecular weight is 396 g/mol. The van der Waals surface area contributed by atoms with Crippen LogP contribution in [0.3, 0.4) is 0 Å². The summed E-state index contributed by atoms with van der Waals surface area (Å²) in [7, 11) is 0. The lowest BCUT2D eigenvalue weighted by atomic mass is 9.91. The van der Waals surface area contributed by atoms with Crippen molar-refractivity contribution in [2.45, 2.75) is 51.0 Å². The van der Waals surface area contributed by atoms with Crippen molar-refractivity contribution in [3.63, 3.8) is 0 Å². The zero-order chi connectivity index (χ0) is 21.2. The Hall–Kier alpha value is -3.15. The number of nitrogens with two attached hydrogens (primary N) is 1. The van der Waals surface area contributed by atoms with Crippen molar-refractivity contribution >= 4 is 17.7 Å². The molecule has 2 atom stereocenters. The number of aliphatic carboxylic acids is 1. The zero-order valence-corrected chi connectivity index (χ0v) is 16.7. The molecule has 0 radical (unpaired) electrons. The van der Waals surface area contributed by atoms with Crippen LogP contribution in [0, 0.1) is 5.41 Å². The standard InChI is InChI=1S/C23H29N3O3/c1-16(18-8-3-2-4-9-18)20(15-22(28)29)26-21(27)10-6-5-7-17-11-13-19(14-12-17)23(24)25/h2-4,8-9,11-14,16,20H,5-7,10,15H2,1H3,(H3,24,25)(H,26,27)(H,28,29)/t16?,20-/m0/s1. The Balaban J connectivity index is 1.81. The average Bonchev–Trinajstić information content (AvgIpc) is 2.71. The molecule has 0 aliphatic rings. The van der Waals surface area contributed by atoms with Gasteiger partial charge in [-0.05, 0) is 30.4 Å². The topological polar surface area (TPSA) is 116 Å². The van der Waals surface area contributed by atoms with Gasteiger partial charge in [0.1, 0.15) is 5.84 Å². The van der Waals surface area contributed by atoms with Gasteiger partial charge in [0.15, 0.2) is 0 Å². The number of carboxylic acid groups (broad SMARTS) is 1. The van der Waals surface area contributed by atoms with Crippen LogP contribution in [0.15, 0.2) is 54.6 Å². The first kappa shape index (κ1) is 22.1. The van der Waals surface area contributed by atoms with E-state index in [0.29, 0.717) is 12.0 Å². The Labute approximate surface area is 171 Å². The van der Waals surface area contributed by atoms with Crippen LogP contribution in [0.1, 0.15) is 55.2 Å². The third-order valence-electron chi connectivity index (χ3n) is 5.05. The predicted octanol–water partition coefficient (Wildman–Crippen LogP) is 3.45. The summed E-state index contributed by atoms with van der Waals surface area (Å²) in [5.74, 6) is -1.08. The monoisotopic (exact) mass is 395 g/mol. The van der Waals surface area contributed by atoms with E-state index in [1.165, 1.54) is 0 Å². The maximum atomic E-state index is 12.4. The number of aryl methyl sites for hydroxylation is 1. The molecule has 1 unspecified atom stereocenters. The van der Waals surface area contributed by atoms with E-state index in [4.69, 9.17) is 11.1 Å². The van der Waals surface area contributed by atoms with Gasteiger partial charge >= 0.3 is 5.97 Å². The molecule has 0 aromatic heterocycles. The van der Waals surface area contributed by atoms with Crippen LogP contribution >= 0.6 is 0 Å². The number of hydrogen-bond donors (Lipinski definition) is 4. The summed E-state index contributed by atoms with van der Waals surface area (Å²) in [6.45, 7) is 1.94. The molecular weight excluding hydrogens is 366 g/mol. The number of nitrogens with one attached hydrogen (secondary N) is 2. The number of hydrogen-bond acceptors (Lipinski definition) is 3. The van der Waals surface area contributed by atoms with Crippen LogP contribution in [-0.2, 0) is 16.0 Å². The van der Waals surface area contributed by atoms with Gasteiger partial charge in [-0.1, -0.05) is 61.5 Å². The van der Waals surface area contributed by atoms with Crippen LogP contribution < -0.4 is 11.1 Å². The van der Waals surface area contributed by atoms with Gasteiger partial charge < -0.3 is 16.2 Å². The molecule has 29 heavy (non-hydrogen) atoms. The van der Waals surface area contributed by atoms with E-state index in [1.54, 1.807) is 0 Å². The van der Waals surface area contributed by atoms with E-state index in [0.717, 1.165) is 30.4 Å². The summed E-state index contributed by atoms with van der Waals surface area (Å²) in [6.07, 6.45) is 2.67. The Morgan fingerprint density at radius 3 is 2.31 bits per heavy atom. The second-order valence-corrected chi connectivity index (χ2v) is 7.29. The molecule has 1 amide bonds. The van der Waals surface area contributed by atoms with Gasteiger partial charge in [-0.3, -0.25) is 15.0 Å². The summed E-state index contributed by atoms with van der Waals surface area (Å²) in [5, 5.41) is 19.5. The number of carbonyl (C=O) groups excluding carboxylic acids is 1. The van der Waals surface area contributed by atoms with Crippen molar-refractivity contribution < 1.29 is 14.7 Å². The lowest BCUT2D eigenvalue weighted by Crippen LogP contribution is -2.40. The molecule has 2 aromatic rings. The Morgan fingerprint density at radius 2 is 1.72 bits per heavy atom. The van der Waals surface area contributed by atoms with Crippen molar-refractivity contribution in [1.29, 1.82) is 5.41 Å². The van der Waals surface area contributed by atoms with Gasteiger partial charge in [0, 0.05) is 23.9 Å². The van der Waals surface area contributed by atoms with E-state index in [1.807, 2.05) is 61.5 Å². The zero-order valence-electron chi connectivity index (χ0n) is 16.7. The Bertz CT molecular complexity index is 819. The minimum absolute atomic E-state index is 0.0499. The maximum absolute atomic E-state index is 12.4. The number of carboxylic acids is 1. The molecule has 0 bridgehead atoms. The second kappa shape index (κ2) is 11.0. The van der Waals surface area contributed by atoms with Gasteiger partial charge in [0.05, 0.1) is 6.42 Å². The molecule has 0 aliphatic carbocycles. The molecule has 2 rings (SSSR count). The number of benzene rings is 2. The first-order valence-electron chi connectivity index (χ1n) is 9.86. The molecule has 0 fully saturated rings. The fourth-order valence-corrected chi connectivity index (χ4v) is 3.27. The smallest absolute Gasteiger partial charge is 0.305 e. The van der Waals surface area contributed by atoms with Crippen LogP contribution in [0.2, 0.25) is 0 Å². The molecule has 2 aromatic carbocycles. The highest BCUT2D eigenvalue weighted by atomic mass is 16.4. The molecule has 0 heterocycles. The van der Waals surface area contributed by atoms with E-state index in [-0.39, 0.29) is 24.1 Å². The van der Waals surface area contributed by atoms with Crippen molar-refractivity contribution in [1.82, 2.24) is 5.32 Å². The molecule has 0 saturated carbocycles. The summed E-state index contributed by atoms with van der Waals surface area (Å²) in [5.41, 5.74) is 8.29. The quantitative estimate of drug-likeness (QED) is 0.265. The minimum atomic E-state index is -0.924. The molecule has 0 saturated heterocycles. The summed E-state index contributed by atoms with van der Waals surface area (Å²) < 4.78 is 0. The molecule has 5 N–H and O–H groups in total. The largest absolute Gasteiger partial charge is 0.481 e. The van der Waals surface area contributed by atoms with Gasteiger partial charge in [-0.2, -0.15) is 0 Å². The van der Waals surface area contributed by atoms with Gasteiger partial charge in [-0.15, -0.1) is 0 Å². The number of nitrogen functional groups attached to an aromatic ring is 1. The van der Waals surface area contributed by atoms with Crippen molar-refractivity contribution in [2.24, 2.45) is 5.73 Å². The molecule has 0 aliphatic heterocycles. The number of unbranched alkanes of at least 4 members (excludes halogenated alkanes) is 1. The van der Waals surface area contributed by atoms with Gasteiger partial charge in [-0.25, -0.2) is 0 Å². The van der Waals surface area contributed by atoms with Crippen LogP contribution in [0.4, 0.5) is 0 Å². The fourth-order valence-electron chi connectivity index (χ4n) is 3.27. The van der Waals surface area contributed by atoms with Gasteiger partial charge in [0.2, 0.25) is 5.91 Å². The van der Waals surface area contributed by atoms with Crippen LogP contribution in [0.5, 0.6) is 0 Å². The first-order valence-corrected chi connectivity index (χ1v) is 9.86. The SMILES string of the molecule is CC(c1ccccc1)[C@H](CC(=O)O)NC(=O)CCCCc1ccc(C(=N)N)cc1. The second-order valence-electron chi connectivity index (χ2n) is 7.29. The lowest BCUT2D eigenvalue weighted by Gasteiger charge is -2.24. The fraction of sp³-hybridized carbons (Fsp3) is 0.348. The molecule has 6 heteroatoms. The van der Waals surface area contributed by atoms with E-state index < -0.39 is 12.0 Å². The number of rotatable bonds is 11. The summed E-state index contributed by atoms with van der Waals surface area (Å²) in [6, 6.07) is 16.7. The van der Waals surface area contributed by atoms with Gasteiger partial charge in [0.25, 0.3) is 0 Å². The molecule has 6 nitrogen and oxygen atoms in total. The van der Waals surface area contributed by atoms with Crippen molar-refractivity contribution in [3.8, 4) is 0 Å². The minimum Gasteiger partial charge on any atom is -0.481 e. The maximum Gasteiger partial charge on any atom is 0.305 e.